The standard InChI is InChI=1S/C22H21ClN5OP/c1-15-5-4-6-19(23)18(15)11-12-28-14-26-20-21(24-13-25-22(20)28)27-16-7-9-17(10-8-16)30(2,3)29/h4-14H,1-3H3,(H,24,25,27)/b12-11+. The van der Waals surface area contributed by atoms with Crippen molar-refractivity contribution < 1.29 is 4.57 Å². The van der Waals surface area contributed by atoms with E-state index >= 15 is 0 Å². The Labute approximate surface area is 180 Å². The van der Waals surface area contributed by atoms with Crippen LogP contribution in [0.3, 0.4) is 0 Å². The van der Waals surface area contributed by atoms with Gasteiger partial charge in [0.1, 0.15) is 19.8 Å². The highest BCUT2D eigenvalue weighted by Crippen LogP contribution is 2.35. The van der Waals surface area contributed by atoms with Gasteiger partial charge in [-0.25, -0.2) is 15.0 Å². The second-order valence-electron chi connectivity index (χ2n) is 7.36. The van der Waals surface area contributed by atoms with Crippen LogP contribution in [0.25, 0.3) is 23.4 Å². The summed E-state index contributed by atoms with van der Waals surface area (Å²) in [5.41, 5.74) is 4.21. The van der Waals surface area contributed by atoms with Crippen LogP contribution in [0, 0.1) is 6.92 Å². The lowest BCUT2D eigenvalue weighted by Crippen LogP contribution is -2.03. The monoisotopic (exact) mass is 437 g/mol. The first kappa shape index (κ1) is 20.3. The largest absolute Gasteiger partial charge is 0.338 e. The number of hydrogen-bond donors (Lipinski definition) is 1. The molecule has 30 heavy (non-hydrogen) atoms. The van der Waals surface area contributed by atoms with Crippen LogP contribution in [-0.4, -0.2) is 32.8 Å². The van der Waals surface area contributed by atoms with E-state index < -0.39 is 7.14 Å². The number of benzene rings is 2. The Kier molecular flexibility index (Phi) is 5.46. The molecular weight excluding hydrogens is 417 g/mol. The van der Waals surface area contributed by atoms with Gasteiger partial charge in [0, 0.05) is 22.2 Å². The van der Waals surface area contributed by atoms with Crippen LogP contribution in [0.2, 0.25) is 5.02 Å². The summed E-state index contributed by atoms with van der Waals surface area (Å²) in [6.07, 6.45) is 7.02. The maximum Gasteiger partial charge on any atom is 0.169 e. The predicted octanol–water partition coefficient (Wildman–Crippen LogP) is 5.41. The number of imidazole rings is 1. The zero-order chi connectivity index (χ0) is 21.3. The van der Waals surface area contributed by atoms with E-state index in [9.17, 15) is 4.57 Å². The molecule has 0 unspecified atom stereocenters. The fraction of sp³-hybridized carbons (Fsp3) is 0.136. The van der Waals surface area contributed by atoms with Crippen molar-refractivity contribution in [2.75, 3.05) is 18.6 Å². The molecule has 6 nitrogen and oxygen atoms in total. The van der Waals surface area contributed by atoms with Crippen LogP contribution in [0.4, 0.5) is 11.5 Å². The molecule has 152 valence electrons. The zero-order valence-electron chi connectivity index (χ0n) is 16.9. The van der Waals surface area contributed by atoms with Crippen molar-refractivity contribution in [1.82, 2.24) is 19.5 Å². The molecule has 0 aliphatic heterocycles. The van der Waals surface area contributed by atoms with Crippen LogP contribution in [0.1, 0.15) is 11.1 Å². The van der Waals surface area contributed by atoms with Gasteiger partial charge < -0.3 is 9.88 Å². The van der Waals surface area contributed by atoms with E-state index in [-0.39, 0.29) is 0 Å². The van der Waals surface area contributed by atoms with E-state index in [4.69, 9.17) is 11.6 Å². The molecule has 0 aliphatic carbocycles. The van der Waals surface area contributed by atoms with E-state index in [2.05, 4.69) is 20.3 Å². The number of rotatable bonds is 5. The van der Waals surface area contributed by atoms with Crippen molar-refractivity contribution in [3.8, 4) is 0 Å². The maximum absolute atomic E-state index is 12.2. The summed E-state index contributed by atoms with van der Waals surface area (Å²) in [6.45, 7) is 5.53. The van der Waals surface area contributed by atoms with Crippen LogP contribution < -0.4 is 10.6 Å². The van der Waals surface area contributed by atoms with Crippen molar-refractivity contribution in [2.24, 2.45) is 0 Å². The molecule has 2 aromatic carbocycles. The molecule has 0 aliphatic rings. The lowest BCUT2D eigenvalue weighted by atomic mass is 10.1. The van der Waals surface area contributed by atoms with E-state index in [0.717, 1.165) is 22.1 Å². The molecule has 0 radical (unpaired) electrons. The molecule has 0 saturated heterocycles. The number of nitrogens with zero attached hydrogens (tertiary/aromatic N) is 4. The molecule has 0 spiro atoms. The molecule has 2 heterocycles. The van der Waals surface area contributed by atoms with Crippen LogP contribution in [0.15, 0.2) is 55.1 Å². The summed E-state index contributed by atoms with van der Waals surface area (Å²) >= 11 is 6.31. The fourth-order valence-corrected chi connectivity index (χ4v) is 4.26. The molecule has 8 heteroatoms. The number of aryl methyl sites for hydroxylation is 1. The average molecular weight is 438 g/mol. The van der Waals surface area contributed by atoms with Crippen molar-refractivity contribution in [3.63, 3.8) is 0 Å². The van der Waals surface area contributed by atoms with Crippen LogP contribution in [0.5, 0.6) is 0 Å². The van der Waals surface area contributed by atoms with Gasteiger partial charge in [0.25, 0.3) is 0 Å². The maximum atomic E-state index is 12.2. The zero-order valence-corrected chi connectivity index (χ0v) is 18.5. The van der Waals surface area contributed by atoms with Crippen molar-refractivity contribution in [3.05, 3.63) is 71.3 Å². The Morgan fingerprint density at radius 2 is 1.83 bits per heavy atom. The third kappa shape index (κ3) is 4.16. The molecular formula is C22H21ClN5OP. The summed E-state index contributed by atoms with van der Waals surface area (Å²) in [6, 6.07) is 13.3. The molecule has 4 rings (SSSR count). The Bertz CT molecular complexity index is 1270. The number of hydrogen-bond acceptors (Lipinski definition) is 5. The van der Waals surface area contributed by atoms with Gasteiger partial charge in [0.2, 0.25) is 0 Å². The average Bonchev–Trinajstić information content (AvgIpc) is 3.12. The van der Waals surface area contributed by atoms with Gasteiger partial charge in [-0.2, -0.15) is 0 Å². The summed E-state index contributed by atoms with van der Waals surface area (Å²) in [4.78, 5) is 13.2. The second-order valence-corrected chi connectivity index (χ2v) is 11.0. The summed E-state index contributed by atoms with van der Waals surface area (Å²) < 4.78 is 14.0. The van der Waals surface area contributed by atoms with E-state index in [1.165, 1.54) is 6.33 Å². The first-order chi connectivity index (χ1) is 14.3. The number of anilines is 2. The minimum absolute atomic E-state index is 0.602. The topological polar surface area (TPSA) is 72.7 Å². The van der Waals surface area contributed by atoms with Gasteiger partial charge >= 0.3 is 0 Å². The number of aromatic nitrogens is 4. The highest BCUT2D eigenvalue weighted by atomic mass is 35.5. The van der Waals surface area contributed by atoms with Gasteiger partial charge in [-0.3, -0.25) is 4.57 Å². The lowest BCUT2D eigenvalue weighted by Gasteiger charge is -2.09. The Hall–Kier alpha value is -2.95. The molecule has 0 fully saturated rings. The summed E-state index contributed by atoms with van der Waals surface area (Å²) in [5, 5.41) is 4.80. The van der Waals surface area contributed by atoms with E-state index in [0.29, 0.717) is 22.0 Å². The Morgan fingerprint density at radius 1 is 1.07 bits per heavy atom. The number of halogens is 1. The van der Waals surface area contributed by atoms with Crippen LogP contribution >= 0.6 is 18.7 Å². The Morgan fingerprint density at radius 3 is 2.53 bits per heavy atom. The predicted molar refractivity (Wildman–Crippen MR) is 126 cm³/mol. The van der Waals surface area contributed by atoms with Crippen LogP contribution in [-0.2, 0) is 4.57 Å². The second kappa shape index (κ2) is 8.05. The molecule has 2 aromatic heterocycles. The lowest BCUT2D eigenvalue weighted by molar-refractivity contribution is 0.588. The molecule has 4 aromatic rings. The minimum Gasteiger partial charge on any atom is -0.338 e. The normalized spacial score (nSPS) is 12.0. The molecule has 0 bridgehead atoms. The minimum atomic E-state index is -2.28. The number of fused-ring (bicyclic) bond motifs is 1. The van der Waals surface area contributed by atoms with Gasteiger partial charge in [0.05, 0.1) is 0 Å². The first-order valence-corrected chi connectivity index (χ1v) is 12.3. The van der Waals surface area contributed by atoms with Crippen molar-refractivity contribution in [1.29, 1.82) is 0 Å². The van der Waals surface area contributed by atoms with Crippen molar-refractivity contribution in [2.45, 2.75) is 6.92 Å². The fourth-order valence-electron chi connectivity index (χ4n) is 3.10. The first-order valence-electron chi connectivity index (χ1n) is 9.36. The SMILES string of the molecule is Cc1cccc(Cl)c1/C=C/n1cnc2c(Nc3ccc(P(C)(C)=O)cc3)ncnc21. The van der Waals surface area contributed by atoms with Gasteiger partial charge in [-0.1, -0.05) is 23.7 Å². The van der Waals surface area contributed by atoms with Gasteiger partial charge in [0.15, 0.2) is 17.0 Å². The van der Waals surface area contributed by atoms with E-state index in [1.54, 1.807) is 19.7 Å². The Balaban J connectivity index is 1.64. The molecule has 1 N–H and O–H groups in total. The van der Waals surface area contributed by atoms with Gasteiger partial charge in [-0.05, 0) is 67.8 Å². The molecule has 0 atom stereocenters. The molecule has 0 saturated carbocycles. The summed E-state index contributed by atoms with van der Waals surface area (Å²) in [7, 11) is -2.28. The number of nitrogens with one attached hydrogen (secondary N) is 1. The third-order valence-electron chi connectivity index (χ3n) is 4.78. The van der Waals surface area contributed by atoms with Crippen molar-refractivity contribution >= 4 is 59.0 Å². The summed E-state index contributed by atoms with van der Waals surface area (Å²) in [5.74, 6) is 0.602. The highest BCUT2D eigenvalue weighted by molar-refractivity contribution is 7.70. The van der Waals surface area contributed by atoms with Gasteiger partial charge in [-0.15, -0.1) is 0 Å². The smallest absolute Gasteiger partial charge is 0.169 e. The van der Waals surface area contributed by atoms with E-state index in [1.807, 2.05) is 66.2 Å². The molecule has 0 amide bonds. The quantitative estimate of drug-likeness (QED) is 0.423. The third-order valence-corrected chi connectivity index (χ3v) is 6.65. The highest BCUT2D eigenvalue weighted by Gasteiger charge is 2.12.